The number of alkyl halides is 3. The number of fused-ring (bicyclic) bond motifs is 3. The second-order valence-corrected chi connectivity index (χ2v) is 10.2. The number of amides is 1. The van der Waals surface area contributed by atoms with Gasteiger partial charge in [0.1, 0.15) is 0 Å². The molecule has 0 spiro atoms. The van der Waals surface area contributed by atoms with Gasteiger partial charge in [-0.1, -0.05) is 0 Å². The second kappa shape index (κ2) is 7.42. The summed E-state index contributed by atoms with van der Waals surface area (Å²) in [4.78, 5) is 13.0. The standard InChI is InChI=1S/C19H23F3N4O3S/c1-26(2)30(28,29)25-15-4-3-13(19(20,21)22)11-14(15)16(27)24-18-8-5-17(12-23,6-9-18)7-10-18/h3-4,11,25H,5-10H2,1-2H3,(H,24,27). The van der Waals surface area contributed by atoms with E-state index in [-0.39, 0.29) is 11.1 Å². The Morgan fingerprint density at radius 3 is 2.17 bits per heavy atom. The van der Waals surface area contributed by atoms with Crippen LogP contribution >= 0.6 is 0 Å². The summed E-state index contributed by atoms with van der Waals surface area (Å²) in [5.41, 5.74) is -2.65. The topological polar surface area (TPSA) is 102 Å². The molecule has 11 heteroatoms. The summed E-state index contributed by atoms with van der Waals surface area (Å²) in [6.45, 7) is 0. The lowest BCUT2D eigenvalue weighted by atomic mass is 9.58. The highest BCUT2D eigenvalue weighted by atomic mass is 32.2. The molecule has 0 atom stereocenters. The van der Waals surface area contributed by atoms with Crippen molar-refractivity contribution in [2.75, 3.05) is 18.8 Å². The number of nitriles is 1. The van der Waals surface area contributed by atoms with Crippen molar-refractivity contribution in [2.24, 2.45) is 5.41 Å². The van der Waals surface area contributed by atoms with Crippen molar-refractivity contribution in [1.82, 2.24) is 9.62 Å². The molecule has 164 valence electrons. The van der Waals surface area contributed by atoms with Gasteiger partial charge in [-0.25, -0.2) is 0 Å². The lowest BCUT2D eigenvalue weighted by Gasteiger charge is -2.50. The molecule has 0 aromatic heterocycles. The maximum absolute atomic E-state index is 13.2. The van der Waals surface area contributed by atoms with Crippen LogP contribution in [0.1, 0.15) is 54.4 Å². The van der Waals surface area contributed by atoms with Crippen LogP contribution in [0.15, 0.2) is 18.2 Å². The molecule has 0 saturated heterocycles. The molecule has 3 fully saturated rings. The highest BCUT2D eigenvalue weighted by Gasteiger charge is 2.49. The summed E-state index contributed by atoms with van der Waals surface area (Å²) in [6, 6.07) is 4.69. The van der Waals surface area contributed by atoms with Crippen LogP contribution in [-0.4, -0.2) is 38.3 Å². The first-order valence-electron chi connectivity index (χ1n) is 9.47. The summed E-state index contributed by atoms with van der Waals surface area (Å²) in [5, 5.41) is 12.2. The third kappa shape index (κ3) is 4.25. The fraction of sp³-hybridized carbons (Fsp3) is 0.579. The number of hydrogen-bond acceptors (Lipinski definition) is 4. The van der Waals surface area contributed by atoms with Crippen LogP contribution in [-0.2, 0) is 16.4 Å². The normalized spacial score (nSPS) is 26.3. The first-order chi connectivity index (χ1) is 13.8. The molecule has 2 bridgehead atoms. The minimum atomic E-state index is -4.69. The minimum absolute atomic E-state index is 0.233. The number of benzene rings is 1. The van der Waals surface area contributed by atoms with Crippen molar-refractivity contribution in [2.45, 2.75) is 50.2 Å². The van der Waals surface area contributed by atoms with Crippen LogP contribution in [0.3, 0.4) is 0 Å². The lowest BCUT2D eigenvalue weighted by Crippen LogP contribution is -2.56. The van der Waals surface area contributed by atoms with Crippen LogP contribution in [0.4, 0.5) is 18.9 Å². The summed E-state index contributed by atoms with van der Waals surface area (Å²) in [7, 11) is -1.51. The first-order valence-corrected chi connectivity index (χ1v) is 10.9. The van der Waals surface area contributed by atoms with Crippen molar-refractivity contribution in [1.29, 1.82) is 5.26 Å². The van der Waals surface area contributed by atoms with E-state index in [0.29, 0.717) is 44.6 Å². The Labute approximate surface area is 173 Å². The molecular weight excluding hydrogens is 421 g/mol. The van der Waals surface area contributed by atoms with E-state index < -0.39 is 39.0 Å². The molecule has 3 saturated carbocycles. The molecule has 7 nitrogen and oxygen atoms in total. The third-order valence-corrected chi connectivity index (χ3v) is 7.61. The molecule has 0 heterocycles. The van der Waals surface area contributed by atoms with Crippen molar-refractivity contribution in [3.63, 3.8) is 0 Å². The summed E-state index contributed by atoms with van der Waals surface area (Å²) in [5.74, 6) is -0.774. The second-order valence-electron chi connectivity index (χ2n) is 8.27. The molecule has 0 unspecified atom stereocenters. The lowest BCUT2D eigenvalue weighted by molar-refractivity contribution is -0.137. The fourth-order valence-electron chi connectivity index (χ4n) is 4.08. The van der Waals surface area contributed by atoms with Gasteiger partial charge in [-0.15, -0.1) is 0 Å². The predicted molar refractivity (Wildman–Crippen MR) is 104 cm³/mol. The zero-order valence-electron chi connectivity index (χ0n) is 16.6. The summed E-state index contributed by atoms with van der Waals surface area (Å²) >= 11 is 0. The summed E-state index contributed by atoms with van der Waals surface area (Å²) in [6.07, 6.45) is -1.15. The van der Waals surface area contributed by atoms with Gasteiger partial charge in [-0.2, -0.15) is 31.2 Å². The fourth-order valence-corrected chi connectivity index (χ4v) is 4.72. The number of nitrogens with zero attached hydrogens (tertiary/aromatic N) is 2. The van der Waals surface area contributed by atoms with Crippen LogP contribution in [0.2, 0.25) is 0 Å². The maximum Gasteiger partial charge on any atom is 0.416 e. The Morgan fingerprint density at radius 1 is 1.13 bits per heavy atom. The van der Waals surface area contributed by atoms with E-state index in [2.05, 4.69) is 16.1 Å². The number of nitrogens with one attached hydrogen (secondary N) is 2. The van der Waals surface area contributed by atoms with E-state index in [0.717, 1.165) is 16.4 Å². The van der Waals surface area contributed by atoms with E-state index in [9.17, 15) is 31.6 Å². The van der Waals surface area contributed by atoms with Gasteiger partial charge in [0, 0.05) is 19.6 Å². The molecule has 3 aliphatic rings. The van der Waals surface area contributed by atoms with E-state index >= 15 is 0 Å². The molecule has 0 aliphatic heterocycles. The number of carbonyl (C=O) groups is 1. The Kier molecular flexibility index (Phi) is 5.54. The van der Waals surface area contributed by atoms with Gasteiger partial charge in [-0.05, 0) is 56.7 Å². The van der Waals surface area contributed by atoms with Crippen LogP contribution in [0.25, 0.3) is 0 Å². The molecule has 2 N–H and O–H groups in total. The van der Waals surface area contributed by atoms with Crippen molar-refractivity contribution >= 4 is 21.8 Å². The molecule has 1 amide bonds. The molecule has 30 heavy (non-hydrogen) atoms. The number of hydrogen-bond donors (Lipinski definition) is 2. The zero-order valence-corrected chi connectivity index (χ0v) is 17.5. The third-order valence-electron chi connectivity index (χ3n) is 6.17. The van der Waals surface area contributed by atoms with Gasteiger partial charge >= 0.3 is 16.4 Å². The molecular formula is C19H23F3N4O3S. The Hall–Kier alpha value is -2.32. The Bertz CT molecular complexity index is 975. The van der Waals surface area contributed by atoms with Gasteiger partial charge in [-0.3, -0.25) is 9.52 Å². The van der Waals surface area contributed by atoms with Gasteiger partial charge < -0.3 is 5.32 Å². The molecule has 4 rings (SSSR count). The van der Waals surface area contributed by atoms with Crippen molar-refractivity contribution in [3.05, 3.63) is 29.3 Å². The SMILES string of the molecule is CN(C)S(=O)(=O)Nc1ccc(C(F)(F)F)cc1C(=O)NC12CCC(C#N)(CC1)CC2. The van der Waals surface area contributed by atoms with Gasteiger partial charge in [0.25, 0.3) is 5.91 Å². The highest BCUT2D eigenvalue weighted by Crippen LogP contribution is 2.52. The molecule has 3 aliphatic carbocycles. The maximum atomic E-state index is 13.2. The van der Waals surface area contributed by atoms with E-state index in [1.807, 2.05) is 0 Å². The van der Waals surface area contributed by atoms with E-state index in [1.165, 1.54) is 14.1 Å². The summed E-state index contributed by atoms with van der Waals surface area (Å²) < 4.78 is 67.0. The van der Waals surface area contributed by atoms with Gasteiger partial charge in [0.2, 0.25) is 0 Å². The smallest absolute Gasteiger partial charge is 0.347 e. The van der Waals surface area contributed by atoms with Crippen LogP contribution in [0, 0.1) is 16.7 Å². The van der Waals surface area contributed by atoms with Crippen molar-refractivity contribution < 1.29 is 26.4 Å². The molecule has 1 aromatic carbocycles. The number of carbonyl (C=O) groups excluding carboxylic acids is 1. The monoisotopic (exact) mass is 444 g/mol. The first kappa shape index (κ1) is 22.4. The predicted octanol–water partition coefficient (Wildman–Crippen LogP) is 3.27. The molecule has 0 radical (unpaired) electrons. The van der Waals surface area contributed by atoms with Crippen LogP contribution < -0.4 is 10.0 Å². The van der Waals surface area contributed by atoms with Crippen molar-refractivity contribution in [3.8, 4) is 6.07 Å². The van der Waals surface area contributed by atoms with E-state index in [1.54, 1.807) is 0 Å². The Morgan fingerprint density at radius 2 is 1.70 bits per heavy atom. The minimum Gasteiger partial charge on any atom is -0.347 e. The van der Waals surface area contributed by atoms with Gasteiger partial charge in [0.05, 0.1) is 28.3 Å². The highest BCUT2D eigenvalue weighted by molar-refractivity contribution is 7.90. The average molecular weight is 444 g/mol. The largest absolute Gasteiger partial charge is 0.416 e. The quantitative estimate of drug-likeness (QED) is 0.728. The van der Waals surface area contributed by atoms with Gasteiger partial charge in [0.15, 0.2) is 0 Å². The zero-order chi connectivity index (χ0) is 22.4. The van der Waals surface area contributed by atoms with E-state index in [4.69, 9.17) is 0 Å². The number of rotatable bonds is 5. The number of halogens is 3. The molecule has 1 aromatic rings. The average Bonchev–Trinajstić information content (AvgIpc) is 2.68. The Balaban J connectivity index is 1.92. The van der Waals surface area contributed by atoms with Crippen LogP contribution in [0.5, 0.6) is 0 Å². The number of anilines is 1.